The number of nitrogens with zero attached hydrogens (tertiary/aromatic N) is 1. The molecule has 0 saturated carbocycles. The SMILES string of the molecule is CNCCC(=O)N(C)CCc1coc2ccccc12. The van der Waals surface area contributed by atoms with E-state index in [-0.39, 0.29) is 5.91 Å². The van der Waals surface area contributed by atoms with Crippen LogP contribution in [0.15, 0.2) is 34.9 Å². The first-order chi connectivity index (χ1) is 9.22. The highest BCUT2D eigenvalue weighted by Crippen LogP contribution is 2.21. The summed E-state index contributed by atoms with van der Waals surface area (Å²) >= 11 is 0. The second kappa shape index (κ2) is 6.38. The van der Waals surface area contributed by atoms with Gasteiger partial charge in [-0.25, -0.2) is 0 Å². The molecule has 0 spiro atoms. The fraction of sp³-hybridized carbons (Fsp3) is 0.400. The van der Waals surface area contributed by atoms with Crippen LogP contribution in [0.1, 0.15) is 12.0 Å². The molecule has 1 aromatic carbocycles. The highest BCUT2D eigenvalue weighted by molar-refractivity contribution is 5.81. The largest absolute Gasteiger partial charge is 0.464 e. The lowest BCUT2D eigenvalue weighted by molar-refractivity contribution is -0.129. The van der Waals surface area contributed by atoms with Gasteiger partial charge in [0.1, 0.15) is 5.58 Å². The minimum Gasteiger partial charge on any atom is -0.464 e. The number of nitrogens with one attached hydrogen (secondary N) is 1. The number of furan rings is 1. The predicted octanol–water partition coefficient (Wildman–Crippen LogP) is 2.04. The Hall–Kier alpha value is -1.81. The molecule has 0 radical (unpaired) electrons. The number of hydrogen-bond donors (Lipinski definition) is 1. The number of carbonyl (C=O) groups is 1. The van der Waals surface area contributed by atoms with E-state index in [9.17, 15) is 4.79 Å². The van der Waals surface area contributed by atoms with E-state index in [1.54, 1.807) is 11.2 Å². The van der Waals surface area contributed by atoms with Crippen LogP contribution in [0.3, 0.4) is 0 Å². The van der Waals surface area contributed by atoms with Gasteiger partial charge in [-0.3, -0.25) is 4.79 Å². The Morgan fingerprint density at radius 1 is 1.37 bits per heavy atom. The van der Waals surface area contributed by atoms with Crippen molar-refractivity contribution < 1.29 is 9.21 Å². The standard InChI is InChI=1S/C15H20N2O2/c1-16-9-7-15(18)17(2)10-8-12-11-19-14-6-4-3-5-13(12)14/h3-6,11,16H,7-10H2,1-2H3. The molecule has 1 N–H and O–H groups in total. The molecule has 0 fully saturated rings. The fourth-order valence-electron chi connectivity index (χ4n) is 2.06. The summed E-state index contributed by atoms with van der Waals surface area (Å²) < 4.78 is 5.49. The monoisotopic (exact) mass is 260 g/mol. The zero-order chi connectivity index (χ0) is 13.7. The molecule has 0 unspecified atom stereocenters. The van der Waals surface area contributed by atoms with Crippen LogP contribution < -0.4 is 5.32 Å². The predicted molar refractivity (Wildman–Crippen MR) is 76.1 cm³/mol. The molecule has 102 valence electrons. The fourth-order valence-corrected chi connectivity index (χ4v) is 2.06. The molecule has 2 rings (SSSR count). The Bertz CT molecular complexity index is 548. The summed E-state index contributed by atoms with van der Waals surface area (Å²) in [6, 6.07) is 7.98. The van der Waals surface area contributed by atoms with Gasteiger partial charge in [0.05, 0.1) is 6.26 Å². The Labute approximate surface area is 113 Å². The smallest absolute Gasteiger partial charge is 0.223 e. The average Bonchev–Trinajstić information content (AvgIpc) is 2.85. The molecule has 1 aromatic heterocycles. The number of amides is 1. The molecule has 2 aromatic rings. The zero-order valence-corrected chi connectivity index (χ0v) is 11.5. The van der Waals surface area contributed by atoms with E-state index in [1.165, 1.54) is 0 Å². The number of benzene rings is 1. The van der Waals surface area contributed by atoms with Crippen LogP contribution in [0.4, 0.5) is 0 Å². The van der Waals surface area contributed by atoms with Crippen molar-refractivity contribution in [3.8, 4) is 0 Å². The van der Waals surface area contributed by atoms with Crippen molar-refractivity contribution in [2.75, 3.05) is 27.2 Å². The van der Waals surface area contributed by atoms with Crippen LogP contribution in [0.5, 0.6) is 0 Å². The number of fused-ring (bicyclic) bond motifs is 1. The van der Waals surface area contributed by atoms with Crippen LogP contribution in [0.2, 0.25) is 0 Å². The molecule has 0 bridgehead atoms. The Morgan fingerprint density at radius 3 is 2.95 bits per heavy atom. The summed E-state index contributed by atoms with van der Waals surface area (Å²) in [5.74, 6) is 0.169. The Kier molecular flexibility index (Phi) is 4.58. The molecule has 0 aliphatic heterocycles. The maximum Gasteiger partial charge on any atom is 0.223 e. The summed E-state index contributed by atoms with van der Waals surface area (Å²) in [7, 11) is 3.70. The van der Waals surface area contributed by atoms with Gasteiger partial charge in [-0.15, -0.1) is 0 Å². The summed E-state index contributed by atoms with van der Waals surface area (Å²) in [5, 5.41) is 4.12. The first-order valence-corrected chi connectivity index (χ1v) is 6.56. The van der Waals surface area contributed by atoms with Crippen molar-refractivity contribution in [3.63, 3.8) is 0 Å². The molecule has 0 atom stereocenters. The Balaban J connectivity index is 1.93. The third kappa shape index (κ3) is 3.35. The molecule has 19 heavy (non-hydrogen) atoms. The first-order valence-electron chi connectivity index (χ1n) is 6.56. The third-order valence-electron chi connectivity index (χ3n) is 3.29. The van der Waals surface area contributed by atoms with E-state index >= 15 is 0 Å². The lowest BCUT2D eigenvalue weighted by Gasteiger charge is -2.16. The van der Waals surface area contributed by atoms with Gasteiger partial charge < -0.3 is 14.6 Å². The number of hydrogen-bond acceptors (Lipinski definition) is 3. The maximum atomic E-state index is 11.8. The van der Waals surface area contributed by atoms with Gasteiger partial charge in [0.15, 0.2) is 0 Å². The summed E-state index contributed by atoms with van der Waals surface area (Å²) in [4.78, 5) is 13.6. The molecule has 1 heterocycles. The van der Waals surface area contributed by atoms with Gasteiger partial charge in [0, 0.05) is 31.9 Å². The van der Waals surface area contributed by atoms with Gasteiger partial charge in [-0.2, -0.15) is 0 Å². The minimum atomic E-state index is 0.169. The van der Waals surface area contributed by atoms with Gasteiger partial charge in [0.25, 0.3) is 0 Å². The molecule has 1 amide bonds. The molecule has 0 saturated heterocycles. The summed E-state index contributed by atoms with van der Waals surface area (Å²) in [6.45, 7) is 1.43. The van der Waals surface area contributed by atoms with E-state index < -0.39 is 0 Å². The molecular formula is C15H20N2O2. The van der Waals surface area contributed by atoms with E-state index in [2.05, 4.69) is 11.4 Å². The van der Waals surface area contributed by atoms with Gasteiger partial charge in [0.2, 0.25) is 5.91 Å². The van der Waals surface area contributed by atoms with Crippen molar-refractivity contribution >= 4 is 16.9 Å². The quantitative estimate of drug-likeness (QED) is 0.864. The summed E-state index contributed by atoms with van der Waals surface area (Å²) in [5.41, 5.74) is 2.06. The maximum absolute atomic E-state index is 11.8. The van der Waals surface area contributed by atoms with Crippen LogP contribution in [-0.2, 0) is 11.2 Å². The van der Waals surface area contributed by atoms with Gasteiger partial charge in [-0.05, 0) is 25.1 Å². The van der Waals surface area contributed by atoms with Crippen molar-refractivity contribution in [2.24, 2.45) is 0 Å². The average molecular weight is 260 g/mol. The lowest BCUT2D eigenvalue weighted by atomic mass is 10.1. The topological polar surface area (TPSA) is 45.5 Å². The van der Waals surface area contributed by atoms with Gasteiger partial charge >= 0.3 is 0 Å². The molecule has 0 aliphatic carbocycles. The van der Waals surface area contributed by atoms with Crippen molar-refractivity contribution in [1.82, 2.24) is 10.2 Å². The summed E-state index contributed by atoms with van der Waals surface area (Å²) in [6.07, 6.45) is 3.15. The molecule has 4 nitrogen and oxygen atoms in total. The second-order valence-corrected chi connectivity index (χ2v) is 4.68. The highest BCUT2D eigenvalue weighted by atomic mass is 16.3. The van der Waals surface area contributed by atoms with Gasteiger partial charge in [-0.1, -0.05) is 18.2 Å². The molecular weight excluding hydrogens is 240 g/mol. The number of para-hydroxylation sites is 1. The van der Waals surface area contributed by atoms with E-state index in [0.717, 1.165) is 29.5 Å². The normalized spacial score (nSPS) is 10.8. The van der Waals surface area contributed by atoms with Crippen LogP contribution in [0, 0.1) is 0 Å². The van der Waals surface area contributed by atoms with E-state index in [4.69, 9.17) is 4.42 Å². The van der Waals surface area contributed by atoms with Crippen LogP contribution in [-0.4, -0.2) is 38.0 Å². The van der Waals surface area contributed by atoms with Crippen molar-refractivity contribution in [2.45, 2.75) is 12.8 Å². The Morgan fingerprint density at radius 2 is 2.16 bits per heavy atom. The van der Waals surface area contributed by atoms with Crippen molar-refractivity contribution in [3.05, 3.63) is 36.1 Å². The van der Waals surface area contributed by atoms with E-state index in [1.807, 2.05) is 32.3 Å². The molecule has 0 aliphatic rings. The van der Waals surface area contributed by atoms with Crippen LogP contribution >= 0.6 is 0 Å². The highest BCUT2D eigenvalue weighted by Gasteiger charge is 2.10. The van der Waals surface area contributed by atoms with Crippen LogP contribution in [0.25, 0.3) is 11.0 Å². The van der Waals surface area contributed by atoms with Crippen molar-refractivity contribution in [1.29, 1.82) is 0 Å². The number of carbonyl (C=O) groups excluding carboxylic acids is 1. The third-order valence-corrected chi connectivity index (χ3v) is 3.29. The first kappa shape index (κ1) is 13.6. The lowest BCUT2D eigenvalue weighted by Crippen LogP contribution is -2.30. The number of rotatable bonds is 6. The zero-order valence-electron chi connectivity index (χ0n) is 11.5. The minimum absolute atomic E-state index is 0.169. The molecule has 4 heteroatoms. The second-order valence-electron chi connectivity index (χ2n) is 4.68. The number of likely N-dealkylation sites (N-methyl/N-ethyl adjacent to an activating group) is 1. The van der Waals surface area contributed by atoms with E-state index in [0.29, 0.717) is 13.0 Å².